The van der Waals surface area contributed by atoms with Gasteiger partial charge >= 0.3 is 0 Å². The Labute approximate surface area is 68.8 Å². The highest BCUT2D eigenvalue weighted by atomic mass is 32.1. The molecule has 2 aromatic rings. The van der Waals surface area contributed by atoms with Gasteiger partial charge in [-0.3, -0.25) is 0 Å². The lowest BCUT2D eigenvalue weighted by atomic mass is 10.2. The molecule has 0 aliphatic carbocycles. The third kappa shape index (κ3) is 1.13. The molecule has 0 saturated carbocycles. The predicted octanol–water partition coefficient (Wildman–Crippen LogP) is 1.75. The molecule has 0 radical (unpaired) electrons. The van der Waals surface area contributed by atoms with E-state index >= 15 is 0 Å². The number of fused-ring (bicyclic) bond motifs is 1. The fraction of sp³-hybridized carbons (Fsp3) is 0.125. The minimum atomic E-state index is 0.605. The Balaban J connectivity index is 2.67. The first-order valence-electron chi connectivity index (χ1n) is 3.43. The minimum absolute atomic E-state index is 0.605. The number of nitrogens with zero attached hydrogens (tertiary/aromatic N) is 1. The lowest BCUT2D eigenvalue weighted by Crippen LogP contribution is -1.94. The minimum Gasteiger partial charge on any atom is -0.326 e. The first-order valence-corrected chi connectivity index (χ1v) is 4.21. The van der Waals surface area contributed by atoms with Crippen molar-refractivity contribution >= 4 is 21.6 Å². The fourth-order valence-electron chi connectivity index (χ4n) is 1.03. The van der Waals surface area contributed by atoms with Crippen molar-refractivity contribution < 1.29 is 0 Å². The average Bonchev–Trinajstić information content (AvgIpc) is 2.50. The van der Waals surface area contributed by atoms with Crippen molar-refractivity contribution in [2.45, 2.75) is 6.54 Å². The number of hydrogen-bond acceptors (Lipinski definition) is 3. The molecule has 1 heterocycles. The summed E-state index contributed by atoms with van der Waals surface area (Å²) < 4.78 is 5.29. The molecular weight excluding hydrogens is 156 g/mol. The van der Waals surface area contributed by atoms with Crippen LogP contribution >= 0.6 is 11.5 Å². The van der Waals surface area contributed by atoms with Gasteiger partial charge in [-0.1, -0.05) is 12.1 Å². The van der Waals surface area contributed by atoms with Crippen molar-refractivity contribution in [3.05, 3.63) is 30.0 Å². The van der Waals surface area contributed by atoms with E-state index in [0.717, 1.165) is 0 Å². The van der Waals surface area contributed by atoms with Crippen molar-refractivity contribution in [1.82, 2.24) is 4.37 Å². The smallest absolute Gasteiger partial charge is 0.0553 e. The summed E-state index contributed by atoms with van der Waals surface area (Å²) in [6, 6.07) is 6.19. The third-order valence-corrected chi connectivity index (χ3v) is 2.42. The van der Waals surface area contributed by atoms with Crippen molar-refractivity contribution in [3.8, 4) is 0 Å². The van der Waals surface area contributed by atoms with Crippen molar-refractivity contribution in [2.75, 3.05) is 0 Å². The molecule has 2 rings (SSSR count). The van der Waals surface area contributed by atoms with Crippen LogP contribution in [-0.4, -0.2) is 4.37 Å². The maximum atomic E-state index is 5.49. The Bertz CT molecular complexity index is 367. The quantitative estimate of drug-likeness (QED) is 0.697. The van der Waals surface area contributed by atoms with Crippen molar-refractivity contribution in [3.63, 3.8) is 0 Å². The average molecular weight is 164 g/mol. The third-order valence-electron chi connectivity index (χ3n) is 1.66. The van der Waals surface area contributed by atoms with Crippen molar-refractivity contribution in [1.29, 1.82) is 0 Å². The van der Waals surface area contributed by atoms with Gasteiger partial charge in [-0.25, -0.2) is 0 Å². The van der Waals surface area contributed by atoms with Gasteiger partial charge in [0, 0.05) is 18.1 Å². The molecule has 11 heavy (non-hydrogen) atoms. The van der Waals surface area contributed by atoms with E-state index in [1.807, 2.05) is 12.3 Å². The van der Waals surface area contributed by atoms with Crippen LogP contribution < -0.4 is 5.73 Å². The number of aromatic nitrogens is 1. The fourth-order valence-corrected chi connectivity index (χ4v) is 1.74. The van der Waals surface area contributed by atoms with E-state index < -0.39 is 0 Å². The molecular formula is C8H8N2S. The lowest BCUT2D eigenvalue weighted by Gasteiger charge is -1.93. The second kappa shape index (κ2) is 2.60. The van der Waals surface area contributed by atoms with Gasteiger partial charge in [0.25, 0.3) is 0 Å². The largest absolute Gasteiger partial charge is 0.326 e. The first kappa shape index (κ1) is 6.76. The molecule has 3 heteroatoms. The van der Waals surface area contributed by atoms with E-state index in [9.17, 15) is 0 Å². The molecule has 0 atom stereocenters. The van der Waals surface area contributed by atoms with Crippen LogP contribution in [0.25, 0.3) is 10.1 Å². The second-order valence-corrected chi connectivity index (χ2v) is 3.24. The van der Waals surface area contributed by atoms with Gasteiger partial charge in [0.2, 0.25) is 0 Å². The van der Waals surface area contributed by atoms with E-state index in [1.54, 1.807) is 0 Å². The number of rotatable bonds is 1. The molecule has 0 aliphatic heterocycles. The van der Waals surface area contributed by atoms with E-state index in [2.05, 4.69) is 16.5 Å². The van der Waals surface area contributed by atoms with E-state index in [4.69, 9.17) is 5.73 Å². The van der Waals surface area contributed by atoms with E-state index in [0.29, 0.717) is 6.54 Å². The Morgan fingerprint density at radius 3 is 3.18 bits per heavy atom. The van der Waals surface area contributed by atoms with Gasteiger partial charge in [-0.05, 0) is 23.2 Å². The highest BCUT2D eigenvalue weighted by Crippen LogP contribution is 2.18. The lowest BCUT2D eigenvalue weighted by molar-refractivity contribution is 1.08. The van der Waals surface area contributed by atoms with Crippen LogP contribution in [0.1, 0.15) is 5.56 Å². The van der Waals surface area contributed by atoms with Gasteiger partial charge in [-0.2, -0.15) is 4.37 Å². The maximum Gasteiger partial charge on any atom is 0.0553 e. The normalized spacial score (nSPS) is 10.6. The summed E-state index contributed by atoms with van der Waals surface area (Å²) in [5, 5.41) is 1.20. The van der Waals surface area contributed by atoms with Crippen LogP contribution in [0, 0.1) is 0 Å². The first-order chi connectivity index (χ1) is 5.40. The zero-order valence-electron chi connectivity index (χ0n) is 5.95. The van der Waals surface area contributed by atoms with Crippen LogP contribution in [-0.2, 0) is 6.54 Å². The summed E-state index contributed by atoms with van der Waals surface area (Å²) in [5.74, 6) is 0. The molecule has 1 aromatic carbocycles. The summed E-state index contributed by atoms with van der Waals surface area (Å²) >= 11 is 1.51. The van der Waals surface area contributed by atoms with Crippen LogP contribution in [0.5, 0.6) is 0 Å². The molecule has 0 fully saturated rings. The Hall–Kier alpha value is -0.930. The summed E-state index contributed by atoms with van der Waals surface area (Å²) in [6.07, 6.45) is 1.88. The molecule has 0 spiro atoms. The summed E-state index contributed by atoms with van der Waals surface area (Å²) in [6.45, 7) is 0.605. The molecule has 2 nitrogen and oxygen atoms in total. The topological polar surface area (TPSA) is 38.9 Å². The summed E-state index contributed by atoms with van der Waals surface area (Å²) in [7, 11) is 0. The molecule has 2 N–H and O–H groups in total. The highest BCUT2D eigenvalue weighted by Gasteiger charge is 1.95. The Morgan fingerprint density at radius 1 is 1.45 bits per heavy atom. The van der Waals surface area contributed by atoms with Crippen LogP contribution in [0.2, 0.25) is 0 Å². The van der Waals surface area contributed by atoms with Gasteiger partial charge in [0.1, 0.15) is 0 Å². The monoisotopic (exact) mass is 164 g/mol. The summed E-state index contributed by atoms with van der Waals surface area (Å²) in [5.41, 5.74) is 6.66. The molecule has 0 saturated heterocycles. The number of nitrogens with two attached hydrogens (primary N) is 1. The predicted molar refractivity (Wildman–Crippen MR) is 47.5 cm³/mol. The molecule has 0 aliphatic rings. The SMILES string of the molecule is NCc1ccc2cnsc2c1. The number of hydrogen-bond donors (Lipinski definition) is 1. The van der Waals surface area contributed by atoms with Gasteiger partial charge in [0.05, 0.1) is 4.70 Å². The molecule has 0 amide bonds. The molecule has 0 bridgehead atoms. The van der Waals surface area contributed by atoms with E-state index in [-0.39, 0.29) is 0 Å². The molecule has 56 valence electrons. The second-order valence-electron chi connectivity index (χ2n) is 2.40. The Kier molecular flexibility index (Phi) is 1.60. The number of benzene rings is 1. The van der Waals surface area contributed by atoms with Crippen molar-refractivity contribution in [2.24, 2.45) is 5.73 Å². The van der Waals surface area contributed by atoms with Gasteiger partial charge in [-0.15, -0.1) is 0 Å². The zero-order valence-corrected chi connectivity index (χ0v) is 6.77. The zero-order chi connectivity index (χ0) is 7.68. The molecule has 1 aromatic heterocycles. The van der Waals surface area contributed by atoms with Crippen LogP contribution in [0.4, 0.5) is 0 Å². The summed E-state index contributed by atoms with van der Waals surface area (Å²) in [4.78, 5) is 0. The Morgan fingerprint density at radius 2 is 2.36 bits per heavy atom. The molecule has 0 unspecified atom stereocenters. The highest BCUT2D eigenvalue weighted by molar-refractivity contribution is 7.13. The standard InChI is InChI=1S/C8H8N2S/c9-4-6-1-2-7-5-10-11-8(7)3-6/h1-3,5H,4,9H2. The van der Waals surface area contributed by atoms with Gasteiger partial charge in [0.15, 0.2) is 0 Å². The maximum absolute atomic E-state index is 5.49. The van der Waals surface area contributed by atoms with Crippen LogP contribution in [0.3, 0.4) is 0 Å². The van der Waals surface area contributed by atoms with Gasteiger partial charge < -0.3 is 5.73 Å². The van der Waals surface area contributed by atoms with E-state index in [1.165, 1.54) is 27.2 Å². The van der Waals surface area contributed by atoms with Crippen LogP contribution in [0.15, 0.2) is 24.4 Å².